The zero-order valence-electron chi connectivity index (χ0n) is 20.4. The molecule has 1 spiro atoms. The van der Waals surface area contributed by atoms with Gasteiger partial charge >= 0.3 is 0 Å². The van der Waals surface area contributed by atoms with Crippen molar-refractivity contribution in [1.82, 2.24) is 24.9 Å². The van der Waals surface area contributed by atoms with Crippen LogP contribution in [0.5, 0.6) is 0 Å². The summed E-state index contributed by atoms with van der Waals surface area (Å²) in [6.45, 7) is 0.0145. The highest BCUT2D eigenvalue weighted by atomic mass is 32.2. The fourth-order valence-corrected chi connectivity index (χ4v) is 5.70. The van der Waals surface area contributed by atoms with E-state index in [9.17, 15) is 12.8 Å². The maximum absolute atomic E-state index is 14.6. The maximum atomic E-state index is 14.6. The van der Waals surface area contributed by atoms with Crippen molar-refractivity contribution in [3.05, 3.63) is 95.3 Å². The zero-order valence-corrected chi connectivity index (χ0v) is 21.2. The second-order valence-corrected chi connectivity index (χ2v) is 11.8. The number of nitrogens with one attached hydrogen (secondary N) is 3. The van der Waals surface area contributed by atoms with Crippen molar-refractivity contribution in [2.45, 2.75) is 24.9 Å². The minimum absolute atomic E-state index is 0.0145. The smallest absolute Gasteiger partial charge is 0.209 e. The van der Waals surface area contributed by atoms with Crippen molar-refractivity contribution < 1.29 is 12.8 Å². The summed E-state index contributed by atoms with van der Waals surface area (Å²) in [6, 6.07) is 14.6. The third kappa shape index (κ3) is 3.93. The molecule has 1 aliphatic heterocycles. The number of H-pyrrole nitrogens is 2. The molecule has 3 aromatic heterocycles. The van der Waals surface area contributed by atoms with E-state index in [0.29, 0.717) is 11.1 Å². The van der Waals surface area contributed by atoms with Crippen LogP contribution in [0, 0.1) is 5.82 Å². The van der Waals surface area contributed by atoms with Gasteiger partial charge in [-0.2, -0.15) is 5.10 Å². The van der Waals surface area contributed by atoms with Crippen molar-refractivity contribution in [2.24, 2.45) is 4.99 Å². The number of pyridine rings is 1. The summed E-state index contributed by atoms with van der Waals surface area (Å²) < 4.78 is 40.1. The van der Waals surface area contributed by atoms with Gasteiger partial charge in [-0.1, -0.05) is 12.1 Å². The van der Waals surface area contributed by atoms with Gasteiger partial charge in [-0.05, 0) is 65.9 Å². The molecule has 1 aliphatic carbocycles. The largest absolute Gasteiger partial charge is 0.353 e. The number of hydrogen-bond donors (Lipinski definition) is 3. The van der Waals surface area contributed by atoms with E-state index in [1.54, 1.807) is 6.20 Å². The number of aliphatic imine (C=N–C) groups is 1. The number of benzene rings is 2. The predicted octanol–water partition coefficient (Wildman–Crippen LogP) is 4.65. The second-order valence-electron chi connectivity index (χ2n) is 9.99. The number of halogens is 1. The summed E-state index contributed by atoms with van der Waals surface area (Å²) in [6.07, 6.45) is 8.58. The number of aromatic amines is 2. The van der Waals surface area contributed by atoms with Gasteiger partial charge in [0.15, 0.2) is 0 Å². The van der Waals surface area contributed by atoms with E-state index in [1.165, 1.54) is 12.1 Å². The first-order chi connectivity index (χ1) is 18.3. The average Bonchev–Trinajstić information content (AvgIpc) is 3.24. The molecule has 0 unspecified atom stereocenters. The van der Waals surface area contributed by atoms with Crippen molar-refractivity contribution >= 4 is 26.6 Å². The van der Waals surface area contributed by atoms with Crippen LogP contribution in [0.2, 0.25) is 0 Å². The van der Waals surface area contributed by atoms with E-state index in [-0.39, 0.29) is 12.1 Å². The minimum atomic E-state index is -3.40. The van der Waals surface area contributed by atoms with Crippen molar-refractivity contribution in [3.8, 4) is 22.4 Å². The predicted molar refractivity (Wildman–Crippen MR) is 144 cm³/mol. The molecule has 0 saturated heterocycles. The lowest BCUT2D eigenvalue weighted by Crippen LogP contribution is -2.21. The lowest BCUT2D eigenvalue weighted by atomic mass is 9.98. The van der Waals surface area contributed by atoms with E-state index in [0.717, 1.165) is 69.4 Å². The van der Waals surface area contributed by atoms with E-state index in [4.69, 9.17) is 4.99 Å². The summed E-state index contributed by atoms with van der Waals surface area (Å²) in [7, 11) is -3.40. The van der Waals surface area contributed by atoms with Gasteiger partial charge in [0.05, 0.1) is 35.1 Å². The fourth-order valence-electron chi connectivity index (χ4n) is 5.27. The molecule has 38 heavy (non-hydrogen) atoms. The standard InChI is InChI=1S/C28H23FN6O2S/c1-38(36,37)33-12-16-7-17(9-19(29)8-16)20-3-2-4-24-21(20)10-26(34-24)27-22-11-25(18-13-31-32-14-18)30-15-23(22)28(35-27)5-6-28/h2-4,7-11,13-15,33-34H,5-6,12H2,1H3,(H,31,32). The molecule has 10 heteroatoms. The van der Waals surface area contributed by atoms with Crippen LogP contribution < -0.4 is 4.72 Å². The van der Waals surface area contributed by atoms with Crippen molar-refractivity contribution in [3.63, 3.8) is 0 Å². The van der Waals surface area contributed by atoms with Gasteiger partial charge in [0.25, 0.3) is 0 Å². The molecule has 190 valence electrons. The van der Waals surface area contributed by atoms with E-state index in [1.807, 2.05) is 36.7 Å². The molecule has 8 nitrogen and oxygen atoms in total. The number of sulfonamides is 1. The third-order valence-electron chi connectivity index (χ3n) is 7.23. The molecule has 2 aliphatic rings. The SMILES string of the molecule is CS(=O)(=O)NCc1cc(F)cc(-c2cccc3[nH]c(C4=NC5(CC5)c5cnc(-c6cn[nH]c6)cc54)cc23)c1. The fraction of sp³-hybridized carbons (Fsp3) is 0.179. The van der Waals surface area contributed by atoms with Gasteiger partial charge in [-0.3, -0.25) is 15.1 Å². The van der Waals surface area contributed by atoms with Crippen LogP contribution in [0.1, 0.15) is 35.2 Å². The molecule has 7 rings (SSSR count). The number of hydrogen-bond acceptors (Lipinski definition) is 5. The molecule has 1 fully saturated rings. The molecule has 2 aromatic carbocycles. The maximum Gasteiger partial charge on any atom is 0.209 e. The molecule has 0 atom stereocenters. The van der Waals surface area contributed by atoms with Crippen LogP contribution in [0.3, 0.4) is 0 Å². The van der Waals surface area contributed by atoms with Gasteiger partial charge in [0.1, 0.15) is 5.82 Å². The Balaban J connectivity index is 1.32. The summed E-state index contributed by atoms with van der Waals surface area (Å²) in [5, 5.41) is 7.83. The summed E-state index contributed by atoms with van der Waals surface area (Å²) in [5.74, 6) is -0.426. The monoisotopic (exact) mass is 526 g/mol. The minimum Gasteiger partial charge on any atom is -0.353 e. The van der Waals surface area contributed by atoms with Crippen LogP contribution in [-0.2, 0) is 22.1 Å². The molecule has 4 heterocycles. The Hall–Kier alpha value is -4.15. The van der Waals surface area contributed by atoms with E-state index < -0.39 is 15.8 Å². The first kappa shape index (κ1) is 23.0. The first-order valence-electron chi connectivity index (χ1n) is 12.2. The summed E-state index contributed by atoms with van der Waals surface area (Å²) >= 11 is 0. The Kier molecular flexibility index (Phi) is 4.95. The lowest BCUT2D eigenvalue weighted by Gasteiger charge is -2.08. The molecule has 5 aromatic rings. The molecule has 1 saturated carbocycles. The summed E-state index contributed by atoms with van der Waals surface area (Å²) in [4.78, 5) is 13.4. The Labute approximate surface area is 218 Å². The lowest BCUT2D eigenvalue weighted by molar-refractivity contribution is 0.586. The number of nitrogens with zero attached hydrogens (tertiary/aromatic N) is 3. The quantitative estimate of drug-likeness (QED) is 0.299. The Bertz CT molecular complexity index is 1870. The molecule has 3 N–H and O–H groups in total. The van der Waals surface area contributed by atoms with Crippen LogP contribution in [0.15, 0.2) is 72.1 Å². The number of fused-ring (bicyclic) bond motifs is 3. The molecule has 0 bridgehead atoms. The van der Waals surface area contributed by atoms with Gasteiger partial charge < -0.3 is 4.98 Å². The second kappa shape index (κ2) is 8.17. The Morgan fingerprint density at radius 2 is 1.92 bits per heavy atom. The van der Waals surface area contributed by atoms with E-state index in [2.05, 4.69) is 37.0 Å². The third-order valence-corrected chi connectivity index (χ3v) is 7.90. The van der Waals surface area contributed by atoms with Gasteiger partial charge in [-0.15, -0.1) is 0 Å². The van der Waals surface area contributed by atoms with Crippen molar-refractivity contribution in [1.29, 1.82) is 0 Å². The van der Waals surface area contributed by atoms with Crippen molar-refractivity contribution in [2.75, 3.05) is 6.26 Å². The molecular weight excluding hydrogens is 503 g/mol. The zero-order chi connectivity index (χ0) is 26.1. The highest BCUT2D eigenvalue weighted by molar-refractivity contribution is 7.88. The van der Waals surface area contributed by atoms with Crippen LogP contribution in [0.25, 0.3) is 33.3 Å². The average molecular weight is 527 g/mol. The first-order valence-corrected chi connectivity index (χ1v) is 14.1. The van der Waals surface area contributed by atoms with Gasteiger partial charge in [0, 0.05) is 46.5 Å². The van der Waals surface area contributed by atoms with E-state index >= 15 is 0 Å². The number of aromatic nitrogens is 4. The molecular formula is C28H23FN6O2S. The molecule has 0 radical (unpaired) electrons. The highest BCUT2D eigenvalue weighted by Gasteiger charge is 2.50. The Morgan fingerprint density at radius 3 is 2.68 bits per heavy atom. The summed E-state index contributed by atoms with van der Waals surface area (Å²) in [5.41, 5.74) is 8.49. The van der Waals surface area contributed by atoms with Crippen LogP contribution >= 0.6 is 0 Å². The normalized spacial score (nSPS) is 15.7. The van der Waals surface area contributed by atoms with Crippen LogP contribution in [-0.4, -0.2) is 40.6 Å². The van der Waals surface area contributed by atoms with Gasteiger partial charge in [-0.25, -0.2) is 17.5 Å². The topological polar surface area (TPSA) is 116 Å². The molecule has 0 amide bonds. The Morgan fingerprint density at radius 1 is 1.05 bits per heavy atom. The highest BCUT2D eigenvalue weighted by Crippen LogP contribution is 2.55. The van der Waals surface area contributed by atoms with Crippen LogP contribution in [0.4, 0.5) is 4.39 Å². The number of rotatable bonds is 6. The van der Waals surface area contributed by atoms with Gasteiger partial charge in [0.2, 0.25) is 10.0 Å².